The molecule has 1 fully saturated rings. The summed E-state index contributed by atoms with van der Waals surface area (Å²) in [4.78, 5) is 16.9. The number of ketones is 1. The van der Waals surface area contributed by atoms with Crippen molar-refractivity contribution in [3.63, 3.8) is 0 Å². The smallest absolute Gasteiger partial charge is 0.170 e. The molecule has 0 spiro atoms. The van der Waals surface area contributed by atoms with Gasteiger partial charge in [-0.15, -0.1) is 0 Å². The molecule has 4 nitrogen and oxygen atoms in total. The molecule has 0 radical (unpaired) electrons. The Morgan fingerprint density at radius 3 is 2.62 bits per heavy atom. The zero-order chi connectivity index (χ0) is 15.6. The molecule has 1 saturated carbocycles. The Labute approximate surface area is 126 Å². The molecule has 0 aliphatic heterocycles. The van der Waals surface area contributed by atoms with Crippen LogP contribution in [-0.4, -0.2) is 28.6 Å². The van der Waals surface area contributed by atoms with E-state index in [0.29, 0.717) is 24.5 Å². The lowest BCUT2D eigenvalue weighted by Crippen LogP contribution is -2.43. The molecule has 0 saturated heterocycles. The highest BCUT2D eigenvalue weighted by Crippen LogP contribution is 2.34. The average Bonchev–Trinajstić information content (AvgIpc) is 2.46. The Morgan fingerprint density at radius 2 is 2.05 bits per heavy atom. The first-order chi connectivity index (χ1) is 9.87. The Bertz CT molecular complexity index is 531. The third kappa shape index (κ3) is 3.26. The molecule has 0 aromatic carbocycles. The molecule has 2 rings (SSSR count). The summed E-state index contributed by atoms with van der Waals surface area (Å²) in [7, 11) is 1.62. The minimum Gasteiger partial charge on any atom is -0.496 e. The lowest BCUT2D eigenvalue weighted by molar-refractivity contribution is -0.140. The van der Waals surface area contributed by atoms with Gasteiger partial charge in [-0.2, -0.15) is 0 Å². The van der Waals surface area contributed by atoms with Crippen LogP contribution in [0.5, 0.6) is 5.75 Å². The number of carbonyl (C=O) groups is 1. The number of aromatic nitrogens is 1. The fourth-order valence-electron chi connectivity index (χ4n) is 3.08. The van der Waals surface area contributed by atoms with Crippen LogP contribution in [0.25, 0.3) is 0 Å². The molecule has 1 aromatic heterocycles. The molecule has 1 heterocycles. The van der Waals surface area contributed by atoms with E-state index in [0.717, 1.165) is 29.7 Å². The van der Waals surface area contributed by atoms with Gasteiger partial charge in [-0.25, -0.2) is 0 Å². The molecule has 0 atom stereocenters. The van der Waals surface area contributed by atoms with Crippen molar-refractivity contribution in [3.8, 4) is 5.75 Å². The molecule has 4 heteroatoms. The number of hydrogen-bond donors (Lipinski definition) is 1. The predicted molar refractivity (Wildman–Crippen MR) is 81.6 cm³/mol. The highest BCUT2D eigenvalue weighted by molar-refractivity contribution is 5.89. The van der Waals surface area contributed by atoms with Gasteiger partial charge in [0.2, 0.25) is 0 Å². The summed E-state index contributed by atoms with van der Waals surface area (Å²) in [5.74, 6) is 1.25. The first-order valence-corrected chi connectivity index (χ1v) is 7.62. The monoisotopic (exact) mass is 291 g/mol. The standard InChI is InChI=1S/C17H25NO3/c1-11-5-7-17(20,8-6-11)15(19)9-14-13(3)16(21-4)12(2)10-18-14/h10-11,20H,5-9H2,1-4H3. The maximum absolute atomic E-state index is 12.5. The summed E-state index contributed by atoms with van der Waals surface area (Å²) in [5, 5.41) is 10.6. The van der Waals surface area contributed by atoms with E-state index in [-0.39, 0.29) is 12.2 Å². The summed E-state index contributed by atoms with van der Waals surface area (Å²) in [6.45, 7) is 6.01. The van der Waals surface area contributed by atoms with Crippen LogP contribution in [0.3, 0.4) is 0 Å². The lowest BCUT2D eigenvalue weighted by atomic mass is 9.76. The van der Waals surface area contributed by atoms with E-state index < -0.39 is 5.60 Å². The number of carbonyl (C=O) groups excluding carboxylic acids is 1. The Balaban J connectivity index is 2.17. The number of Topliss-reactive ketones (excluding diaryl/α,β-unsaturated/α-hetero) is 1. The fraction of sp³-hybridized carbons (Fsp3) is 0.647. The van der Waals surface area contributed by atoms with E-state index in [1.165, 1.54) is 0 Å². The molecule has 0 unspecified atom stereocenters. The van der Waals surface area contributed by atoms with Crippen LogP contribution < -0.4 is 4.74 Å². The Hall–Kier alpha value is -1.42. The average molecular weight is 291 g/mol. The van der Waals surface area contributed by atoms with Crippen molar-refractivity contribution in [1.82, 2.24) is 4.98 Å². The summed E-state index contributed by atoms with van der Waals surface area (Å²) >= 11 is 0. The number of aryl methyl sites for hydroxylation is 1. The van der Waals surface area contributed by atoms with Crippen LogP contribution in [0.4, 0.5) is 0 Å². The third-order valence-corrected chi connectivity index (χ3v) is 4.70. The van der Waals surface area contributed by atoms with Gasteiger partial charge in [0, 0.05) is 17.3 Å². The topological polar surface area (TPSA) is 59.4 Å². The molecule has 0 bridgehead atoms. The SMILES string of the molecule is COc1c(C)cnc(CC(=O)C2(O)CCC(C)CC2)c1C. The van der Waals surface area contributed by atoms with E-state index in [4.69, 9.17) is 4.74 Å². The first kappa shape index (κ1) is 16.0. The van der Waals surface area contributed by atoms with Crippen LogP contribution in [-0.2, 0) is 11.2 Å². The number of pyridine rings is 1. The van der Waals surface area contributed by atoms with Gasteiger partial charge in [0.25, 0.3) is 0 Å². The molecule has 116 valence electrons. The number of aliphatic hydroxyl groups is 1. The minimum atomic E-state index is -1.17. The lowest BCUT2D eigenvalue weighted by Gasteiger charge is -2.33. The van der Waals surface area contributed by atoms with Crippen molar-refractivity contribution in [1.29, 1.82) is 0 Å². The molecular weight excluding hydrogens is 266 g/mol. The highest BCUT2D eigenvalue weighted by Gasteiger charge is 2.38. The van der Waals surface area contributed by atoms with E-state index in [1.807, 2.05) is 13.8 Å². The molecule has 0 amide bonds. The van der Waals surface area contributed by atoms with Crippen molar-refractivity contribution < 1.29 is 14.6 Å². The van der Waals surface area contributed by atoms with Gasteiger partial charge in [-0.05, 0) is 45.4 Å². The zero-order valence-electron chi connectivity index (χ0n) is 13.4. The Morgan fingerprint density at radius 1 is 1.43 bits per heavy atom. The minimum absolute atomic E-state index is 0.115. The summed E-state index contributed by atoms with van der Waals surface area (Å²) in [6, 6.07) is 0. The van der Waals surface area contributed by atoms with E-state index in [2.05, 4.69) is 11.9 Å². The van der Waals surface area contributed by atoms with E-state index in [1.54, 1.807) is 13.3 Å². The summed E-state index contributed by atoms with van der Waals surface area (Å²) < 4.78 is 5.37. The number of rotatable bonds is 4. The van der Waals surface area contributed by atoms with Crippen molar-refractivity contribution in [2.45, 2.75) is 58.5 Å². The van der Waals surface area contributed by atoms with Crippen LogP contribution in [0.2, 0.25) is 0 Å². The Kier molecular flexibility index (Phi) is 4.67. The van der Waals surface area contributed by atoms with Gasteiger partial charge in [0.1, 0.15) is 11.4 Å². The first-order valence-electron chi connectivity index (χ1n) is 7.62. The van der Waals surface area contributed by atoms with Crippen LogP contribution in [0, 0.1) is 19.8 Å². The van der Waals surface area contributed by atoms with Crippen LogP contribution >= 0.6 is 0 Å². The maximum Gasteiger partial charge on any atom is 0.170 e. The fourth-order valence-corrected chi connectivity index (χ4v) is 3.08. The zero-order valence-corrected chi connectivity index (χ0v) is 13.4. The second-order valence-corrected chi connectivity index (χ2v) is 6.36. The third-order valence-electron chi connectivity index (χ3n) is 4.70. The molecule has 21 heavy (non-hydrogen) atoms. The molecule has 1 aromatic rings. The van der Waals surface area contributed by atoms with E-state index in [9.17, 15) is 9.90 Å². The van der Waals surface area contributed by atoms with Gasteiger partial charge in [-0.1, -0.05) is 6.92 Å². The number of hydrogen-bond acceptors (Lipinski definition) is 4. The maximum atomic E-state index is 12.5. The summed E-state index contributed by atoms with van der Waals surface area (Å²) in [5.41, 5.74) is 1.38. The van der Waals surface area contributed by atoms with Crippen LogP contribution in [0.15, 0.2) is 6.20 Å². The van der Waals surface area contributed by atoms with Crippen molar-refractivity contribution in [3.05, 3.63) is 23.0 Å². The number of ether oxygens (including phenoxy) is 1. The van der Waals surface area contributed by atoms with Gasteiger partial charge in [-0.3, -0.25) is 9.78 Å². The largest absolute Gasteiger partial charge is 0.496 e. The van der Waals surface area contributed by atoms with Gasteiger partial charge in [0.15, 0.2) is 5.78 Å². The van der Waals surface area contributed by atoms with Gasteiger partial charge >= 0.3 is 0 Å². The molecule has 1 aliphatic rings. The van der Waals surface area contributed by atoms with Crippen molar-refractivity contribution in [2.24, 2.45) is 5.92 Å². The summed E-state index contributed by atoms with van der Waals surface area (Å²) in [6.07, 6.45) is 4.84. The predicted octanol–water partition coefficient (Wildman–Crippen LogP) is 2.76. The quantitative estimate of drug-likeness (QED) is 0.926. The molecule has 1 N–H and O–H groups in total. The molecular formula is C17H25NO3. The van der Waals surface area contributed by atoms with Crippen LogP contribution in [0.1, 0.15) is 49.4 Å². The number of nitrogens with zero attached hydrogens (tertiary/aromatic N) is 1. The van der Waals surface area contributed by atoms with E-state index >= 15 is 0 Å². The van der Waals surface area contributed by atoms with Crippen molar-refractivity contribution >= 4 is 5.78 Å². The number of methoxy groups -OCH3 is 1. The second kappa shape index (κ2) is 6.14. The normalized spacial score (nSPS) is 25.7. The van der Waals surface area contributed by atoms with Gasteiger partial charge in [0.05, 0.1) is 19.2 Å². The highest BCUT2D eigenvalue weighted by atomic mass is 16.5. The second-order valence-electron chi connectivity index (χ2n) is 6.36. The van der Waals surface area contributed by atoms with Crippen molar-refractivity contribution in [2.75, 3.05) is 7.11 Å². The molecule has 1 aliphatic carbocycles. The van der Waals surface area contributed by atoms with Gasteiger partial charge < -0.3 is 9.84 Å².